The molecule has 0 saturated heterocycles. The number of amides is 1. The van der Waals surface area contributed by atoms with Crippen LogP contribution in [0.25, 0.3) is 0 Å². The summed E-state index contributed by atoms with van der Waals surface area (Å²) in [5.41, 5.74) is 0.297. The number of carbonyl (C=O) groups excluding carboxylic acids is 1. The Labute approximate surface area is 145 Å². The molecule has 0 aliphatic carbocycles. The molecule has 0 bridgehead atoms. The molecule has 24 heavy (non-hydrogen) atoms. The van der Waals surface area contributed by atoms with Crippen LogP contribution in [0.3, 0.4) is 0 Å². The van der Waals surface area contributed by atoms with Gasteiger partial charge in [0.15, 0.2) is 5.69 Å². The van der Waals surface area contributed by atoms with Gasteiger partial charge in [-0.1, -0.05) is 18.5 Å². The van der Waals surface area contributed by atoms with Crippen LogP contribution in [0, 0.1) is 0 Å². The number of anilines is 1. The number of sulfone groups is 1. The fourth-order valence-electron chi connectivity index (χ4n) is 1.88. The Hall–Kier alpha value is -2.19. The van der Waals surface area contributed by atoms with Crippen LogP contribution in [0.4, 0.5) is 5.69 Å². The van der Waals surface area contributed by atoms with E-state index >= 15 is 0 Å². The van der Waals surface area contributed by atoms with Gasteiger partial charge in [-0.15, -0.1) is 0 Å². The van der Waals surface area contributed by atoms with Gasteiger partial charge in [0.2, 0.25) is 15.0 Å². The van der Waals surface area contributed by atoms with Gasteiger partial charge in [-0.2, -0.15) is 0 Å². The van der Waals surface area contributed by atoms with E-state index in [2.05, 4.69) is 15.3 Å². The number of ether oxygens (including phenoxy) is 1. The van der Waals surface area contributed by atoms with Gasteiger partial charge in [0.05, 0.1) is 24.1 Å². The second kappa shape index (κ2) is 7.59. The predicted octanol–water partition coefficient (Wildman–Crippen LogP) is 2.57. The molecule has 9 heteroatoms. The molecule has 7 nitrogen and oxygen atoms in total. The summed E-state index contributed by atoms with van der Waals surface area (Å²) >= 11 is 5.93. The third-order valence-corrected chi connectivity index (χ3v) is 5.01. The Bertz CT molecular complexity index is 838. The van der Waals surface area contributed by atoms with Gasteiger partial charge in [0.25, 0.3) is 5.91 Å². The molecule has 1 aromatic heterocycles. The lowest BCUT2D eigenvalue weighted by molar-refractivity contribution is 0.102. The van der Waals surface area contributed by atoms with Crippen LogP contribution in [-0.2, 0) is 9.84 Å². The van der Waals surface area contributed by atoms with Crippen LogP contribution in [-0.4, -0.2) is 37.2 Å². The zero-order chi connectivity index (χ0) is 17.7. The summed E-state index contributed by atoms with van der Waals surface area (Å²) in [6, 6.07) is 6.63. The highest BCUT2D eigenvalue weighted by molar-refractivity contribution is 7.91. The number of nitrogens with one attached hydrogen (secondary N) is 1. The fourth-order valence-corrected chi connectivity index (χ4v) is 3.23. The monoisotopic (exact) mass is 369 g/mol. The highest BCUT2D eigenvalue weighted by Gasteiger charge is 2.21. The first kappa shape index (κ1) is 18.2. The molecule has 0 saturated carbocycles. The maximum absolute atomic E-state index is 12.3. The summed E-state index contributed by atoms with van der Waals surface area (Å²) in [5, 5.41) is 2.16. The number of halogens is 1. The summed E-state index contributed by atoms with van der Waals surface area (Å²) in [4.78, 5) is 19.9. The Morgan fingerprint density at radius 1 is 1.29 bits per heavy atom. The number of carbonyl (C=O) groups is 1. The van der Waals surface area contributed by atoms with Gasteiger partial charge in [0, 0.05) is 5.69 Å². The molecule has 2 aromatic rings. The minimum absolute atomic E-state index is 0.0311. The van der Waals surface area contributed by atoms with Gasteiger partial charge in [0.1, 0.15) is 5.75 Å². The largest absolute Gasteiger partial charge is 0.497 e. The van der Waals surface area contributed by atoms with Crippen LogP contribution in [0.1, 0.15) is 23.8 Å². The summed E-state index contributed by atoms with van der Waals surface area (Å²) in [6.45, 7) is 1.73. The van der Waals surface area contributed by atoms with E-state index in [1.54, 1.807) is 31.2 Å². The van der Waals surface area contributed by atoms with Crippen molar-refractivity contribution in [2.75, 3.05) is 18.2 Å². The lowest BCUT2D eigenvalue weighted by Gasteiger charge is -2.08. The molecule has 1 heterocycles. The van der Waals surface area contributed by atoms with E-state index in [0.29, 0.717) is 17.9 Å². The van der Waals surface area contributed by atoms with Crippen molar-refractivity contribution in [3.63, 3.8) is 0 Å². The topological polar surface area (TPSA) is 98.2 Å². The third kappa shape index (κ3) is 4.21. The van der Waals surface area contributed by atoms with Crippen molar-refractivity contribution >= 4 is 33.0 Å². The average molecular weight is 370 g/mol. The quantitative estimate of drug-likeness (QED) is 0.786. The van der Waals surface area contributed by atoms with Crippen LogP contribution in [0.5, 0.6) is 5.75 Å². The molecule has 2 rings (SSSR count). The molecule has 0 unspecified atom stereocenters. The fraction of sp³-hybridized carbons (Fsp3) is 0.267. The maximum Gasteiger partial charge on any atom is 0.275 e. The molecule has 0 spiro atoms. The van der Waals surface area contributed by atoms with Gasteiger partial charge in [-0.25, -0.2) is 18.4 Å². The van der Waals surface area contributed by atoms with Crippen molar-refractivity contribution < 1.29 is 17.9 Å². The second-order valence-corrected chi connectivity index (χ2v) is 7.26. The normalized spacial score (nSPS) is 11.1. The lowest BCUT2D eigenvalue weighted by Crippen LogP contribution is -2.18. The van der Waals surface area contributed by atoms with Crippen LogP contribution in [0.2, 0.25) is 5.02 Å². The molecule has 0 aliphatic rings. The van der Waals surface area contributed by atoms with Crippen molar-refractivity contribution in [3.05, 3.63) is 41.2 Å². The van der Waals surface area contributed by atoms with Crippen LogP contribution >= 0.6 is 11.6 Å². The summed E-state index contributed by atoms with van der Waals surface area (Å²) < 4.78 is 29.1. The molecule has 0 fully saturated rings. The van der Waals surface area contributed by atoms with Crippen molar-refractivity contribution in [1.29, 1.82) is 0 Å². The van der Waals surface area contributed by atoms with Gasteiger partial charge >= 0.3 is 0 Å². The summed E-state index contributed by atoms with van der Waals surface area (Å²) in [5.74, 6) is -0.0877. The van der Waals surface area contributed by atoms with E-state index in [1.807, 2.05) is 0 Å². The molecular weight excluding hydrogens is 354 g/mol. The zero-order valence-corrected chi connectivity index (χ0v) is 14.7. The number of hydrogen-bond donors (Lipinski definition) is 1. The number of nitrogens with zero attached hydrogens (tertiary/aromatic N) is 2. The van der Waals surface area contributed by atoms with Crippen molar-refractivity contribution in [3.8, 4) is 5.75 Å². The van der Waals surface area contributed by atoms with Crippen molar-refractivity contribution in [2.24, 2.45) is 0 Å². The van der Waals surface area contributed by atoms with Crippen molar-refractivity contribution in [2.45, 2.75) is 18.5 Å². The minimum Gasteiger partial charge on any atom is -0.497 e. The number of rotatable bonds is 6. The number of hydrogen-bond acceptors (Lipinski definition) is 6. The average Bonchev–Trinajstić information content (AvgIpc) is 2.55. The SMILES string of the molecule is CCCS(=O)(=O)c1ncc(Cl)c(C(=O)Nc2ccc(OC)cc2)n1. The van der Waals surface area contributed by atoms with Crippen LogP contribution in [0.15, 0.2) is 35.6 Å². The maximum atomic E-state index is 12.3. The Morgan fingerprint density at radius 3 is 2.54 bits per heavy atom. The minimum atomic E-state index is -3.64. The van der Waals surface area contributed by atoms with E-state index in [0.717, 1.165) is 6.20 Å². The Morgan fingerprint density at radius 2 is 1.96 bits per heavy atom. The van der Waals surface area contributed by atoms with E-state index < -0.39 is 20.9 Å². The first-order valence-electron chi connectivity index (χ1n) is 7.08. The molecule has 128 valence electrons. The van der Waals surface area contributed by atoms with Gasteiger partial charge in [-0.05, 0) is 30.7 Å². The van der Waals surface area contributed by atoms with E-state index in [1.165, 1.54) is 7.11 Å². The van der Waals surface area contributed by atoms with Gasteiger partial charge < -0.3 is 10.1 Å². The highest BCUT2D eigenvalue weighted by Crippen LogP contribution is 2.19. The first-order valence-corrected chi connectivity index (χ1v) is 9.11. The Balaban J connectivity index is 2.28. The number of benzene rings is 1. The summed E-state index contributed by atoms with van der Waals surface area (Å²) in [6.07, 6.45) is 1.53. The smallest absolute Gasteiger partial charge is 0.275 e. The molecule has 0 aliphatic heterocycles. The van der Waals surface area contributed by atoms with Gasteiger partial charge in [-0.3, -0.25) is 4.79 Å². The third-order valence-electron chi connectivity index (χ3n) is 3.04. The molecule has 0 atom stereocenters. The number of methoxy groups -OCH3 is 1. The summed E-state index contributed by atoms with van der Waals surface area (Å²) in [7, 11) is -2.11. The zero-order valence-electron chi connectivity index (χ0n) is 13.1. The highest BCUT2D eigenvalue weighted by atomic mass is 35.5. The molecule has 1 amide bonds. The molecule has 0 radical (unpaired) electrons. The van der Waals surface area contributed by atoms with E-state index in [4.69, 9.17) is 16.3 Å². The standard InChI is InChI=1S/C15H16ClN3O4S/c1-3-8-24(21,22)15-17-9-12(16)13(19-15)14(20)18-10-4-6-11(23-2)7-5-10/h4-7,9H,3,8H2,1-2H3,(H,18,20). The molecule has 1 aromatic carbocycles. The Kier molecular flexibility index (Phi) is 5.74. The van der Waals surface area contributed by atoms with E-state index in [9.17, 15) is 13.2 Å². The van der Waals surface area contributed by atoms with Crippen LogP contribution < -0.4 is 10.1 Å². The molecular formula is C15H16ClN3O4S. The predicted molar refractivity (Wildman–Crippen MR) is 90.3 cm³/mol. The first-order chi connectivity index (χ1) is 11.4. The lowest BCUT2D eigenvalue weighted by atomic mass is 10.3. The molecule has 1 N–H and O–H groups in total. The van der Waals surface area contributed by atoms with E-state index in [-0.39, 0.29) is 16.5 Å². The number of aromatic nitrogens is 2. The second-order valence-electron chi connectivity index (χ2n) is 4.85. The van der Waals surface area contributed by atoms with Crippen molar-refractivity contribution in [1.82, 2.24) is 9.97 Å².